The topological polar surface area (TPSA) is 316 Å². The summed E-state index contributed by atoms with van der Waals surface area (Å²) < 4.78 is 57.2. The number of esters is 1. The number of halogens is 1. The van der Waals surface area contributed by atoms with Gasteiger partial charge in [0.15, 0.2) is 0 Å². The first-order valence-corrected chi connectivity index (χ1v) is 33.9. The molecule has 3 saturated heterocycles. The summed E-state index contributed by atoms with van der Waals surface area (Å²) >= 11 is 3.08. The number of rotatable bonds is 43. The molecule has 3 heterocycles. The van der Waals surface area contributed by atoms with Crippen LogP contribution in [-0.2, 0) is 87.4 Å². The van der Waals surface area contributed by atoms with Crippen molar-refractivity contribution in [3.05, 3.63) is 65.8 Å². The van der Waals surface area contributed by atoms with Crippen molar-refractivity contribution in [1.82, 2.24) is 21.3 Å². The van der Waals surface area contributed by atoms with Crippen molar-refractivity contribution < 1.29 is 91.1 Å². The van der Waals surface area contributed by atoms with Crippen molar-refractivity contribution in [3.8, 4) is 0 Å². The summed E-state index contributed by atoms with van der Waals surface area (Å²) in [7, 11) is 0. The highest BCUT2D eigenvalue weighted by Crippen LogP contribution is 2.44. The monoisotopic (exact) mass is 1360 g/mol. The lowest BCUT2D eigenvalue weighted by Gasteiger charge is -2.39. The number of ketones is 1. The maximum Gasteiger partial charge on any atom is 0.306 e. The number of aliphatic hydroxyl groups excluding tert-OH is 2. The van der Waals surface area contributed by atoms with Gasteiger partial charge in [-0.25, -0.2) is 0 Å². The molecule has 1 spiro atoms. The van der Waals surface area contributed by atoms with Crippen molar-refractivity contribution in [1.29, 1.82) is 0 Å². The summed E-state index contributed by atoms with van der Waals surface area (Å²) in [6, 6.07) is 5.12. The molecule has 0 bridgehead atoms. The summed E-state index contributed by atoms with van der Waals surface area (Å²) in [5, 5.41) is 35.0. The molecule has 518 valence electrons. The standard InChI is InChI=1S/C67H104BrN5O19/c1-44(2)63(73-60(77)24-26-83-28-30-85-32-34-87-36-37-88-35-33-86-31-29-84-27-25-69-61(78)42-68)66(82)70-48(6)65(81)72-55-11-9-8-10-51(55)17-23-62(79)92-53-18-15-50(16-19-53)39-52(75)40-54-41-67(43-89-67)64(80)58(91-54)21-13-45(3)12-20-57-46(4)38-56(49(7)90-57)71-59(76)22-14-47(5)74/h8-14,21-22,44,46-50,53-54,56-58,63-64,74,80H,15-20,23-43H2,1-7H3,(H,69,78)(H,70,82)(H,71,76)(H,72,81)(H,73,77)/b21-13+,22-14-,45-12+/t46-,47-,48-,49+,50?,53?,54+,56+,57-,58+,63-,64+,67+/m0/s1. The minimum Gasteiger partial charge on any atom is -0.462 e. The van der Waals surface area contributed by atoms with Gasteiger partial charge in [-0.2, -0.15) is 0 Å². The Hall–Kier alpha value is -5.03. The summed E-state index contributed by atoms with van der Waals surface area (Å²) in [6.45, 7) is 18.0. The predicted molar refractivity (Wildman–Crippen MR) is 347 cm³/mol. The van der Waals surface area contributed by atoms with Crippen LogP contribution in [0.15, 0.2) is 60.2 Å². The van der Waals surface area contributed by atoms with Gasteiger partial charge < -0.3 is 84.2 Å². The number of benzene rings is 1. The van der Waals surface area contributed by atoms with E-state index in [0.717, 1.165) is 30.4 Å². The van der Waals surface area contributed by atoms with E-state index >= 15 is 0 Å². The van der Waals surface area contributed by atoms with Gasteiger partial charge in [-0.3, -0.25) is 33.6 Å². The van der Waals surface area contributed by atoms with Crippen LogP contribution in [0.25, 0.3) is 0 Å². The summed E-state index contributed by atoms with van der Waals surface area (Å²) in [4.78, 5) is 89.8. The van der Waals surface area contributed by atoms with E-state index in [1.165, 1.54) is 12.2 Å². The number of anilines is 1. The SMILES string of the molecule is CC(/C=C/[C@H]1O[C@H](CC(=O)CC2CCC(OC(=O)CCc3ccccc3NC(=O)[C@H](C)NC(=O)[C@@H](NC(=O)CCOCCOCCOCCOCCOCCOCCNC(=O)CBr)C(C)C)CC2)C[C@@]2(CO2)[C@@H]1O)=C\C[C@@H]1O[C@H](C)[C@H](NC(=O)/C=C\[C@H](C)O)C[C@@H]1C. The van der Waals surface area contributed by atoms with Gasteiger partial charge in [0.25, 0.3) is 0 Å². The number of epoxide rings is 1. The molecule has 5 rings (SSSR count). The summed E-state index contributed by atoms with van der Waals surface area (Å²) in [5.74, 6) is -1.94. The molecule has 1 aromatic carbocycles. The number of carbonyl (C=O) groups excluding carboxylic acids is 7. The number of carbonyl (C=O) groups is 7. The Balaban J connectivity index is 0.907. The van der Waals surface area contributed by atoms with E-state index in [9.17, 15) is 43.8 Å². The molecule has 25 heteroatoms. The van der Waals surface area contributed by atoms with E-state index in [1.54, 1.807) is 39.8 Å². The number of aryl methyl sites for hydroxylation is 1. The Labute approximate surface area is 551 Å². The van der Waals surface area contributed by atoms with Crippen LogP contribution in [0, 0.1) is 17.8 Å². The number of alkyl halides is 1. The number of hydrogen-bond acceptors (Lipinski definition) is 19. The lowest BCUT2D eigenvalue weighted by atomic mass is 9.82. The van der Waals surface area contributed by atoms with E-state index in [-0.39, 0.29) is 109 Å². The number of hydrogen-bond donors (Lipinski definition) is 7. The van der Waals surface area contributed by atoms with Gasteiger partial charge in [0.05, 0.1) is 122 Å². The lowest BCUT2D eigenvalue weighted by Crippen LogP contribution is -2.53. The average molecular weight is 1360 g/mol. The second-order valence-corrected chi connectivity index (χ2v) is 25.3. The molecule has 92 heavy (non-hydrogen) atoms. The van der Waals surface area contributed by atoms with Crippen molar-refractivity contribution in [2.75, 3.05) is 103 Å². The molecule has 5 amide bonds. The fourth-order valence-electron chi connectivity index (χ4n) is 11.1. The first kappa shape index (κ1) is 77.7. The molecule has 3 aliphatic heterocycles. The summed E-state index contributed by atoms with van der Waals surface area (Å²) in [6.07, 6.45) is 11.1. The molecule has 1 saturated carbocycles. The van der Waals surface area contributed by atoms with Gasteiger partial charge in [-0.15, -0.1) is 0 Å². The van der Waals surface area contributed by atoms with Gasteiger partial charge in [-0.1, -0.05) is 84.8 Å². The third-order valence-electron chi connectivity index (χ3n) is 16.6. The van der Waals surface area contributed by atoms with Crippen LogP contribution in [0.4, 0.5) is 5.69 Å². The highest BCUT2D eigenvalue weighted by molar-refractivity contribution is 9.09. The Morgan fingerprint density at radius 1 is 0.761 bits per heavy atom. The lowest BCUT2D eigenvalue weighted by molar-refractivity contribution is -0.151. The van der Waals surface area contributed by atoms with Crippen LogP contribution >= 0.6 is 15.9 Å². The number of allylic oxidation sites excluding steroid dienone is 2. The zero-order chi connectivity index (χ0) is 66.8. The average Bonchev–Trinajstić information content (AvgIpc) is 1.61. The van der Waals surface area contributed by atoms with Gasteiger partial charge in [0.2, 0.25) is 29.5 Å². The van der Waals surface area contributed by atoms with E-state index in [1.807, 2.05) is 38.1 Å². The molecular weight excluding hydrogens is 1260 g/mol. The number of para-hydroxylation sites is 1. The van der Waals surface area contributed by atoms with Gasteiger partial charge >= 0.3 is 5.97 Å². The van der Waals surface area contributed by atoms with E-state index in [4.69, 9.17) is 47.4 Å². The fraction of sp³-hybridized carbons (Fsp3) is 0.716. The molecule has 4 aliphatic rings. The molecule has 7 N–H and O–H groups in total. The number of aliphatic hydroxyl groups is 2. The molecule has 1 aromatic rings. The maximum atomic E-state index is 13.5. The van der Waals surface area contributed by atoms with Crippen LogP contribution in [0.1, 0.15) is 125 Å². The molecule has 1 aliphatic carbocycles. The number of amides is 5. The molecule has 0 aromatic heterocycles. The van der Waals surface area contributed by atoms with E-state index in [0.29, 0.717) is 123 Å². The smallest absolute Gasteiger partial charge is 0.306 e. The van der Waals surface area contributed by atoms with Crippen molar-refractivity contribution in [2.45, 2.75) is 192 Å². The molecule has 0 unspecified atom stereocenters. The molecule has 4 fully saturated rings. The Morgan fingerprint density at radius 3 is 1.99 bits per heavy atom. The minimum atomic E-state index is -0.959. The van der Waals surface area contributed by atoms with Gasteiger partial charge in [0, 0.05) is 50.4 Å². The Morgan fingerprint density at radius 2 is 1.38 bits per heavy atom. The number of ether oxygens (including phenoxy) is 10. The van der Waals surface area contributed by atoms with E-state index in [2.05, 4.69) is 55.5 Å². The number of nitrogens with one attached hydrogen (secondary N) is 5. The van der Waals surface area contributed by atoms with Crippen LogP contribution in [-0.4, -0.2) is 216 Å². The fourth-order valence-corrected chi connectivity index (χ4v) is 11.3. The summed E-state index contributed by atoms with van der Waals surface area (Å²) in [5.41, 5.74) is 1.46. The Kier molecular flexibility index (Phi) is 35.8. The molecule has 0 radical (unpaired) electrons. The zero-order valence-corrected chi connectivity index (χ0v) is 56.6. The minimum absolute atomic E-state index is 0.0173. The quantitative estimate of drug-likeness (QED) is 0.0112. The van der Waals surface area contributed by atoms with Gasteiger partial charge in [0.1, 0.15) is 41.8 Å². The third-order valence-corrected chi connectivity index (χ3v) is 17.1. The van der Waals surface area contributed by atoms with Crippen LogP contribution in [0.5, 0.6) is 0 Å². The van der Waals surface area contributed by atoms with Crippen LogP contribution in [0.2, 0.25) is 0 Å². The highest BCUT2D eigenvalue weighted by Gasteiger charge is 2.58. The van der Waals surface area contributed by atoms with E-state index < -0.39 is 53.9 Å². The zero-order valence-electron chi connectivity index (χ0n) is 55.0. The maximum absolute atomic E-state index is 13.5. The predicted octanol–water partition coefficient (Wildman–Crippen LogP) is 5.07. The van der Waals surface area contributed by atoms with Crippen LogP contribution < -0.4 is 26.6 Å². The molecular formula is C67H104BrN5O19. The second-order valence-electron chi connectivity index (χ2n) is 24.7. The Bertz CT molecular complexity index is 2520. The second kappa shape index (κ2) is 42.4. The first-order valence-electron chi connectivity index (χ1n) is 32.8. The highest BCUT2D eigenvalue weighted by atomic mass is 79.9. The first-order chi connectivity index (χ1) is 44.1. The normalized spacial score (nSPS) is 25.1. The largest absolute Gasteiger partial charge is 0.462 e. The van der Waals surface area contributed by atoms with Crippen molar-refractivity contribution in [2.24, 2.45) is 17.8 Å². The van der Waals surface area contributed by atoms with Crippen LogP contribution in [0.3, 0.4) is 0 Å². The molecule has 24 nitrogen and oxygen atoms in total. The van der Waals surface area contributed by atoms with Gasteiger partial charge in [-0.05, 0) is 102 Å². The molecule has 11 atom stereocenters. The third kappa shape index (κ3) is 29.7. The number of Topliss-reactive ketones (excluding diaryl/α,β-unsaturated/α-hetero) is 1. The van der Waals surface area contributed by atoms with Crippen molar-refractivity contribution >= 4 is 62.9 Å². The van der Waals surface area contributed by atoms with Crippen molar-refractivity contribution in [3.63, 3.8) is 0 Å².